The largest absolute Gasteiger partial charge is 0.0654 e. The van der Waals surface area contributed by atoms with Gasteiger partial charge in [0.1, 0.15) is 0 Å². The molecule has 0 aromatic carbocycles. The fraction of sp³-hybridized carbons (Fsp3) is 1.00. The van der Waals surface area contributed by atoms with Crippen LogP contribution < -0.4 is 0 Å². The number of hydrogen-bond acceptors (Lipinski definition) is 0. The Balaban J connectivity index is 3.13. The zero-order valence-corrected chi connectivity index (χ0v) is 30.4. The molecule has 0 saturated carbocycles. The van der Waals surface area contributed by atoms with Crippen molar-refractivity contribution in [1.82, 2.24) is 0 Å². The minimum absolute atomic E-state index is 0.965. The van der Waals surface area contributed by atoms with E-state index in [1.807, 2.05) is 0 Å². The average molecular weight is 591 g/mol. The van der Waals surface area contributed by atoms with Gasteiger partial charge in [-0.1, -0.05) is 265 Å². The SMILES string of the molecule is CCCCCCCCCCCCCCCCCCCCC(C)CCCCCCCCCCCCCCCCCCCC. The molecule has 0 unspecified atom stereocenters. The summed E-state index contributed by atoms with van der Waals surface area (Å²) in [7, 11) is 0. The van der Waals surface area contributed by atoms with Gasteiger partial charge in [-0.05, 0) is 5.92 Å². The van der Waals surface area contributed by atoms with Gasteiger partial charge in [0.05, 0.1) is 0 Å². The molecule has 0 nitrogen and oxygen atoms in total. The maximum atomic E-state index is 2.52. The van der Waals surface area contributed by atoms with Crippen LogP contribution in [0.2, 0.25) is 0 Å². The molecule has 0 fully saturated rings. The van der Waals surface area contributed by atoms with E-state index in [4.69, 9.17) is 0 Å². The van der Waals surface area contributed by atoms with Crippen molar-refractivity contribution in [3.8, 4) is 0 Å². The number of rotatable bonds is 38. The Labute approximate surface area is 270 Å². The molecule has 0 bridgehead atoms. The molecule has 0 aromatic heterocycles. The fourth-order valence-corrected chi connectivity index (χ4v) is 6.93. The Bertz CT molecular complexity index is 399. The lowest BCUT2D eigenvalue weighted by atomic mass is 9.95. The summed E-state index contributed by atoms with van der Waals surface area (Å²) in [5, 5.41) is 0. The van der Waals surface area contributed by atoms with Crippen LogP contribution in [0.3, 0.4) is 0 Å². The van der Waals surface area contributed by atoms with Crippen molar-refractivity contribution in [3.05, 3.63) is 0 Å². The molecule has 0 amide bonds. The van der Waals surface area contributed by atoms with Crippen molar-refractivity contribution in [2.75, 3.05) is 0 Å². The van der Waals surface area contributed by atoms with Crippen LogP contribution >= 0.6 is 0 Å². The third-order valence-corrected chi connectivity index (χ3v) is 10.1. The van der Waals surface area contributed by atoms with E-state index in [9.17, 15) is 0 Å². The molecule has 0 heteroatoms. The van der Waals surface area contributed by atoms with Gasteiger partial charge >= 0.3 is 0 Å². The zero-order chi connectivity index (χ0) is 30.4. The highest BCUT2D eigenvalue weighted by molar-refractivity contribution is 4.57. The molecule has 0 radical (unpaired) electrons. The molecule has 0 aliphatic carbocycles. The Hall–Kier alpha value is 0. The highest BCUT2D eigenvalue weighted by Crippen LogP contribution is 2.20. The van der Waals surface area contributed by atoms with E-state index in [1.54, 1.807) is 0 Å². The van der Waals surface area contributed by atoms with Crippen LogP contribution in [0.4, 0.5) is 0 Å². The van der Waals surface area contributed by atoms with Gasteiger partial charge in [-0.15, -0.1) is 0 Å². The van der Waals surface area contributed by atoms with Crippen LogP contribution in [0.25, 0.3) is 0 Å². The summed E-state index contributed by atoms with van der Waals surface area (Å²) in [5.74, 6) is 0.965. The van der Waals surface area contributed by atoms with Gasteiger partial charge in [0, 0.05) is 0 Å². The molecular weight excluding hydrogens is 504 g/mol. The summed E-state index contributed by atoms with van der Waals surface area (Å²) in [6.07, 6.45) is 56.2. The van der Waals surface area contributed by atoms with Gasteiger partial charge < -0.3 is 0 Å². The van der Waals surface area contributed by atoms with E-state index < -0.39 is 0 Å². The minimum Gasteiger partial charge on any atom is -0.0654 e. The quantitative estimate of drug-likeness (QED) is 0.0627. The minimum atomic E-state index is 0.965. The zero-order valence-electron chi connectivity index (χ0n) is 30.4. The van der Waals surface area contributed by atoms with Crippen molar-refractivity contribution in [1.29, 1.82) is 0 Å². The smallest absolute Gasteiger partial charge is 0.0443 e. The molecule has 42 heavy (non-hydrogen) atoms. The molecule has 0 saturated heterocycles. The summed E-state index contributed by atoms with van der Waals surface area (Å²) >= 11 is 0. The van der Waals surface area contributed by atoms with E-state index in [-0.39, 0.29) is 0 Å². The van der Waals surface area contributed by atoms with Crippen molar-refractivity contribution in [2.24, 2.45) is 5.92 Å². The number of unbranched alkanes of at least 4 members (excludes halogenated alkanes) is 34. The van der Waals surface area contributed by atoms with E-state index in [1.165, 1.54) is 244 Å². The van der Waals surface area contributed by atoms with Gasteiger partial charge in [-0.25, -0.2) is 0 Å². The topological polar surface area (TPSA) is 0 Å². The van der Waals surface area contributed by atoms with Crippen molar-refractivity contribution in [2.45, 2.75) is 265 Å². The molecular formula is C42H86. The standard InChI is InChI=1S/C42H86/c1-4-6-8-10-12-14-16-18-20-22-24-26-28-30-32-34-36-38-40-42(3)41-39-37-35-33-31-29-27-25-23-21-19-17-15-13-11-9-7-5-2/h42H,4-41H2,1-3H3. The summed E-state index contributed by atoms with van der Waals surface area (Å²) in [6, 6.07) is 0. The maximum Gasteiger partial charge on any atom is -0.0443 e. The second-order valence-electron chi connectivity index (χ2n) is 14.7. The molecule has 254 valence electrons. The molecule has 0 aromatic rings. The van der Waals surface area contributed by atoms with E-state index in [0.717, 1.165) is 5.92 Å². The first-order chi connectivity index (χ1) is 20.8. The average Bonchev–Trinajstić information content (AvgIpc) is 3.00. The van der Waals surface area contributed by atoms with Crippen molar-refractivity contribution < 1.29 is 0 Å². The van der Waals surface area contributed by atoms with Gasteiger partial charge in [-0.2, -0.15) is 0 Å². The van der Waals surface area contributed by atoms with Crippen LogP contribution in [0.15, 0.2) is 0 Å². The van der Waals surface area contributed by atoms with E-state index in [2.05, 4.69) is 20.8 Å². The summed E-state index contributed by atoms with van der Waals surface area (Å²) in [5.41, 5.74) is 0. The summed E-state index contributed by atoms with van der Waals surface area (Å²) < 4.78 is 0. The molecule has 0 aliphatic rings. The number of hydrogen-bond donors (Lipinski definition) is 0. The second-order valence-corrected chi connectivity index (χ2v) is 14.7. The third kappa shape index (κ3) is 38.0. The van der Waals surface area contributed by atoms with Gasteiger partial charge in [0.2, 0.25) is 0 Å². The first-order valence-corrected chi connectivity index (χ1v) is 20.8. The van der Waals surface area contributed by atoms with Gasteiger partial charge in [0.15, 0.2) is 0 Å². The molecule has 0 aliphatic heterocycles. The van der Waals surface area contributed by atoms with Crippen LogP contribution in [0.1, 0.15) is 265 Å². The Morgan fingerprint density at radius 2 is 0.357 bits per heavy atom. The molecule has 0 heterocycles. The van der Waals surface area contributed by atoms with Gasteiger partial charge in [-0.3, -0.25) is 0 Å². The van der Waals surface area contributed by atoms with Crippen LogP contribution in [0.5, 0.6) is 0 Å². The van der Waals surface area contributed by atoms with Crippen LogP contribution in [0, 0.1) is 5.92 Å². The predicted octanol–water partition coefficient (Wildman–Crippen LogP) is 16.5. The lowest BCUT2D eigenvalue weighted by molar-refractivity contribution is 0.429. The summed E-state index contributed by atoms with van der Waals surface area (Å²) in [6.45, 7) is 7.14. The highest BCUT2D eigenvalue weighted by atomic mass is 14.1. The molecule has 0 rings (SSSR count). The van der Waals surface area contributed by atoms with Crippen LogP contribution in [-0.4, -0.2) is 0 Å². The van der Waals surface area contributed by atoms with E-state index >= 15 is 0 Å². The van der Waals surface area contributed by atoms with Crippen molar-refractivity contribution in [3.63, 3.8) is 0 Å². The fourth-order valence-electron chi connectivity index (χ4n) is 6.93. The maximum absolute atomic E-state index is 2.52. The predicted molar refractivity (Wildman–Crippen MR) is 196 cm³/mol. The Kier molecular flexibility index (Phi) is 39.0. The Morgan fingerprint density at radius 1 is 0.214 bits per heavy atom. The second kappa shape index (κ2) is 39.0. The lowest BCUT2D eigenvalue weighted by Gasteiger charge is -2.11. The highest BCUT2D eigenvalue weighted by Gasteiger charge is 2.03. The monoisotopic (exact) mass is 591 g/mol. The van der Waals surface area contributed by atoms with Gasteiger partial charge in [0.25, 0.3) is 0 Å². The summed E-state index contributed by atoms with van der Waals surface area (Å²) in [4.78, 5) is 0. The molecule has 0 spiro atoms. The first kappa shape index (κ1) is 42.0. The van der Waals surface area contributed by atoms with Crippen LogP contribution in [-0.2, 0) is 0 Å². The Morgan fingerprint density at radius 3 is 0.524 bits per heavy atom. The molecule has 0 atom stereocenters. The third-order valence-electron chi connectivity index (χ3n) is 10.1. The molecule has 0 N–H and O–H groups in total. The first-order valence-electron chi connectivity index (χ1n) is 20.8. The lowest BCUT2D eigenvalue weighted by Crippen LogP contribution is -1.95. The normalized spacial score (nSPS) is 11.7. The van der Waals surface area contributed by atoms with Crippen molar-refractivity contribution >= 4 is 0 Å². The van der Waals surface area contributed by atoms with E-state index in [0.29, 0.717) is 0 Å².